The van der Waals surface area contributed by atoms with Crippen molar-refractivity contribution in [1.82, 2.24) is 4.90 Å². The molecule has 0 radical (unpaired) electrons. The number of carbonyl (C=O) groups excluding carboxylic acids is 2. The molecule has 9 heteroatoms. The zero-order valence-corrected chi connectivity index (χ0v) is 18.5. The zero-order valence-electron chi connectivity index (χ0n) is 18.5. The third kappa shape index (κ3) is 4.88. The van der Waals surface area contributed by atoms with Crippen molar-refractivity contribution in [2.45, 2.75) is 6.92 Å². The standard InChI is InChI=1S/C25H23FN4O4/c1-17-9-10-18(15-23(17)27-24(31)21-7-2-3-8-22(21)26)25(32)29-13-11-28(12-14-29)19-5-4-6-20(16-19)30(33)34/h2-10,15-16H,11-14H2,1H3,(H,27,31). The van der Waals surface area contributed by atoms with Crippen LogP contribution in [-0.2, 0) is 0 Å². The number of benzene rings is 3. The van der Waals surface area contributed by atoms with Gasteiger partial charge in [0.05, 0.1) is 10.5 Å². The number of piperazine rings is 1. The second kappa shape index (κ2) is 9.70. The number of hydrogen-bond donors (Lipinski definition) is 1. The second-order valence-corrected chi connectivity index (χ2v) is 8.02. The van der Waals surface area contributed by atoms with Crippen molar-refractivity contribution < 1.29 is 18.9 Å². The number of anilines is 2. The molecule has 1 aliphatic rings. The summed E-state index contributed by atoms with van der Waals surface area (Å²) >= 11 is 0. The van der Waals surface area contributed by atoms with E-state index in [1.165, 1.54) is 30.3 Å². The molecule has 0 aliphatic carbocycles. The normalized spacial score (nSPS) is 13.5. The van der Waals surface area contributed by atoms with Gasteiger partial charge in [-0.2, -0.15) is 0 Å². The van der Waals surface area contributed by atoms with E-state index in [2.05, 4.69) is 5.32 Å². The molecule has 8 nitrogen and oxygen atoms in total. The molecular formula is C25H23FN4O4. The topological polar surface area (TPSA) is 95.8 Å². The highest BCUT2D eigenvalue weighted by atomic mass is 19.1. The minimum absolute atomic E-state index is 0.0284. The van der Waals surface area contributed by atoms with Crippen LogP contribution >= 0.6 is 0 Å². The fourth-order valence-corrected chi connectivity index (χ4v) is 3.88. The molecular weight excluding hydrogens is 439 g/mol. The fourth-order valence-electron chi connectivity index (χ4n) is 3.88. The van der Waals surface area contributed by atoms with Gasteiger partial charge in [0.1, 0.15) is 5.82 Å². The number of amides is 2. The molecule has 1 N–H and O–H groups in total. The van der Waals surface area contributed by atoms with Crippen molar-refractivity contribution in [1.29, 1.82) is 0 Å². The van der Waals surface area contributed by atoms with Gasteiger partial charge in [0.2, 0.25) is 0 Å². The van der Waals surface area contributed by atoms with Crippen LogP contribution in [0.2, 0.25) is 0 Å². The van der Waals surface area contributed by atoms with Crippen molar-refractivity contribution >= 4 is 28.9 Å². The van der Waals surface area contributed by atoms with Crippen molar-refractivity contribution in [2.24, 2.45) is 0 Å². The third-order valence-electron chi connectivity index (χ3n) is 5.82. The Labute approximate surface area is 195 Å². The lowest BCUT2D eigenvalue weighted by Gasteiger charge is -2.36. The van der Waals surface area contributed by atoms with E-state index in [-0.39, 0.29) is 17.2 Å². The summed E-state index contributed by atoms with van der Waals surface area (Å²) in [6.45, 7) is 3.77. The molecule has 0 atom stereocenters. The minimum atomic E-state index is -0.619. The Morgan fingerprint density at radius 3 is 2.41 bits per heavy atom. The summed E-state index contributed by atoms with van der Waals surface area (Å²) in [6.07, 6.45) is 0. The molecule has 3 aromatic rings. The van der Waals surface area contributed by atoms with Gasteiger partial charge < -0.3 is 15.1 Å². The molecule has 1 heterocycles. The maximum atomic E-state index is 14.0. The maximum Gasteiger partial charge on any atom is 0.271 e. The first kappa shape index (κ1) is 22.9. The molecule has 0 bridgehead atoms. The summed E-state index contributed by atoms with van der Waals surface area (Å²) in [6, 6.07) is 17.2. The number of rotatable bonds is 5. The number of nitrogens with one attached hydrogen (secondary N) is 1. The van der Waals surface area contributed by atoms with Crippen LogP contribution in [0, 0.1) is 22.9 Å². The number of nitro benzene ring substituents is 1. The van der Waals surface area contributed by atoms with Crippen molar-refractivity contribution in [3.8, 4) is 0 Å². The van der Waals surface area contributed by atoms with Gasteiger partial charge in [-0.05, 0) is 42.8 Å². The van der Waals surface area contributed by atoms with Crippen LogP contribution in [0.15, 0.2) is 66.7 Å². The lowest BCUT2D eigenvalue weighted by atomic mass is 10.1. The summed E-state index contributed by atoms with van der Waals surface area (Å²) in [4.78, 5) is 39.9. The molecule has 174 valence electrons. The quantitative estimate of drug-likeness (QED) is 0.452. The Kier molecular flexibility index (Phi) is 6.53. The monoisotopic (exact) mass is 462 g/mol. The highest BCUT2D eigenvalue weighted by Crippen LogP contribution is 2.24. The molecule has 34 heavy (non-hydrogen) atoms. The molecule has 4 rings (SSSR count). The average molecular weight is 462 g/mol. The zero-order chi connectivity index (χ0) is 24.2. The molecule has 0 saturated carbocycles. The van der Waals surface area contributed by atoms with Gasteiger partial charge in [0.15, 0.2) is 0 Å². The SMILES string of the molecule is Cc1ccc(C(=O)N2CCN(c3cccc([N+](=O)[O-])c3)CC2)cc1NC(=O)c1ccccc1F. The number of halogens is 1. The number of aryl methyl sites for hydroxylation is 1. The summed E-state index contributed by atoms with van der Waals surface area (Å²) in [5.41, 5.74) is 2.30. The number of nitrogens with zero attached hydrogens (tertiary/aromatic N) is 3. The Bertz CT molecular complexity index is 1260. The Balaban J connectivity index is 1.44. The highest BCUT2D eigenvalue weighted by molar-refractivity contribution is 6.05. The smallest absolute Gasteiger partial charge is 0.271 e. The number of non-ortho nitro benzene ring substituents is 1. The van der Waals surface area contributed by atoms with Crippen molar-refractivity contribution in [3.63, 3.8) is 0 Å². The van der Waals surface area contributed by atoms with Gasteiger partial charge in [-0.1, -0.05) is 24.3 Å². The summed E-state index contributed by atoms with van der Waals surface area (Å²) in [5.74, 6) is -1.39. The van der Waals surface area contributed by atoms with Gasteiger partial charge >= 0.3 is 0 Å². The van der Waals surface area contributed by atoms with Crippen LogP contribution in [0.3, 0.4) is 0 Å². The first-order valence-corrected chi connectivity index (χ1v) is 10.8. The van der Waals surface area contributed by atoms with Crippen molar-refractivity contribution in [2.75, 3.05) is 36.4 Å². The van der Waals surface area contributed by atoms with Crippen LogP contribution in [-0.4, -0.2) is 47.8 Å². The lowest BCUT2D eigenvalue weighted by Crippen LogP contribution is -2.48. The van der Waals surface area contributed by atoms with Crippen LogP contribution in [0.5, 0.6) is 0 Å². The summed E-state index contributed by atoms with van der Waals surface area (Å²) in [5, 5.41) is 13.7. The van der Waals surface area contributed by atoms with Gasteiger partial charge in [-0.25, -0.2) is 4.39 Å². The number of hydrogen-bond acceptors (Lipinski definition) is 5. The van der Waals surface area contributed by atoms with E-state index in [0.717, 1.165) is 11.3 Å². The largest absolute Gasteiger partial charge is 0.368 e. The van der Waals surface area contributed by atoms with E-state index in [4.69, 9.17) is 0 Å². The average Bonchev–Trinajstić information content (AvgIpc) is 2.85. The van der Waals surface area contributed by atoms with Gasteiger partial charge in [-0.3, -0.25) is 19.7 Å². The lowest BCUT2D eigenvalue weighted by molar-refractivity contribution is -0.384. The molecule has 0 spiro atoms. The Hall–Kier alpha value is -4.27. The van der Waals surface area contributed by atoms with E-state index < -0.39 is 16.6 Å². The van der Waals surface area contributed by atoms with Gasteiger partial charge in [-0.15, -0.1) is 0 Å². The fraction of sp³-hybridized carbons (Fsp3) is 0.200. The minimum Gasteiger partial charge on any atom is -0.368 e. The van der Waals surface area contributed by atoms with Crippen molar-refractivity contribution in [3.05, 3.63) is 99.4 Å². The molecule has 1 fully saturated rings. The van der Waals surface area contributed by atoms with Crippen LogP contribution in [0.25, 0.3) is 0 Å². The molecule has 2 amide bonds. The van der Waals surface area contributed by atoms with E-state index in [1.807, 2.05) is 11.0 Å². The van der Waals surface area contributed by atoms with Crippen LogP contribution in [0.4, 0.5) is 21.5 Å². The number of nitro groups is 1. The summed E-state index contributed by atoms with van der Waals surface area (Å²) < 4.78 is 14.0. The highest BCUT2D eigenvalue weighted by Gasteiger charge is 2.24. The third-order valence-corrected chi connectivity index (χ3v) is 5.82. The van der Waals surface area contributed by atoms with E-state index in [1.54, 1.807) is 42.2 Å². The van der Waals surface area contributed by atoms with Gasteiger partial charge in [0.25, 0.3) is 17.5 Å². The van der Waals surface area contributed by atoms with E-state index >= 15 is 0 Å². The molecule has 1 aliphatic heterocycles. The Morgan fingerprint density at radius 1 is 0.971 bits per heavy atom. The summed E-state index contributed by atoms with van der Waals surface area (Å²) in [7, 11) is 0. The molecule has 1 saturated heterocycles. The first-order chi connectivity index (χ1) is 16.3. The van der Waals surface area contributed by atoms with Crippen LogP contribution < -0.4 is 10.2 Å². The maximum absolute atomic E-state index is 14.0. The molecule has 0 unspecified atom stereocenters. The van der Waals surface area contributed by atoms with Gasteiger partial charge in [0, 0.05) is 55.2 Å². The van der Waals surface area contributed by atoms with E-state index in [9.17, 15) is 24.1 Å². The van der Waals surface area contributed by atoms with E-state index in [0.29, 0.717) is 37.4 Å². The number of carbonyl (C=O) groups is 2. The predicted octanol–water partition coefficient (Wildman–Crippen LogP) is 4.26. The second-order valence-electron chi connectivity index (χ2n) is 8.02. The molecule has 3 aromatic carbocycles. The Morgan fingerprint density at radius 2 is 1.71 bits per heavy atom. The molecule has 0 aromatic heterocycles. The van der Waals surface area contributed by atoms with Crippen LogP contribution in [0.1, 0.15) is 26.3 Å². The first-order valence-electron chi connectivity index (χ1n) is 10.8. The predicted molar refractivity (Wildman–Crippen MR) is 127 cm³/mol.